The first-order chi connectivity index (χ1) is 9.34. The molecule has 2 rings (SSSR count). The largest absolute Gasteiger partial charge is 0.494 e. The summed E-state index contributed by atoms with van der Waals surface area (Å²) < 4.78 is 29.9. The first-order valence-electron chi connectivity index (χ1n) is 6.62. The number of nitrogens with two attached hydrogens (primary N) is 1. The second-order valence-electron chi connectivity index (χ2n) is 5.45. The van der Waals surface area contributed by atoms with Gasteiger partial charge >= 0.3 is 0 Å². The molecule has 0 saturated heterocycles. The molecule has 0 aliphatic heterocycles. The van der Waals surface area contributed by atoms with E-state index in [1.165, 1.54) is 13.4 Å². The van der Waals surface area contributed by atoms with Gasteiger partial charge in [0.25, 0.3) is 0 Å². The summed E-state index contributed by atoms with van der Waals surface area (Å²) in [6, 6.07) is 3.68. The summed E-state index contributed by atoms with van der Waals surface area (Å²) in [5, 5.41) is 0. The summed E-state index contributed by atoms with van der Waals surface area (Å²) in [5.41, 5.74) is 6.87. The lowest BCUT2D eigenvalue weighted by atomic mass is 9.79. The maximum atomic E-state index is 12.0. The van der Waals surface area contributed by atoms with Crippen molar-refractivity contribution in [1.82, 2.24) is 0 Å². The minimum Gasteiger partial charge on any atom is -0.494 e. The number of halogens is 1. The Morgan fingerprint density at radius 2 is 1.95 bits per heavy atom. The van der Waals surface area contributed by atoms with Crippen LogP contribution in [0.1, 0.15) is 31.2 Å². The average molecular weight is 362 g/mol. The first kappa shape index (κ1) is 15.8. The molecular weight excluding hydrogens is 342 g/mol. The van der Waals surface area contributed by atoms with Crippen LogP contribution in [0.4, 0.5) is 0 Å². The van der Waals surface area contributed by atoms with E-state index in [0.29, 0.717) is 16.8 Å². The highest BCUT2D eigenvalue weighted by molar-refractivity contribution is 9.10. The van der Waals surface area contributed by atoms with Crippen LogP contribution < -0.4 is 10.5 Å². The van der Waals surface area contributed by atoms with Gasteiger partial charge in [0.15, 0.2) is 15.6 Å². The Kier molecular flexibility index (Phi) is 4.47. The van der Waals surface area contributed by atoms with Crippen LogP contribution in [0, 0.1) is 0 Å². The maximum absolute atomic E-state index is 12.0. The molecule has 0 spiro atoms. The van der Waals surface area contributed by atoms with Gasteiger partial charge in [-0.05, 0) is 46.5 Å². The van der Waals surface area contributed by atoms with Crippen molar-refractivity contribution in [3.8, 4) is 5.75 Å². The number of hydrogen-bond donors (Lipinski definition) is 1. The van der Waals surface area contributed by atoms with Gasteiger partial charge in [0, 0.05) is 18.2 Å². The Balaban J connectivity index is 2.65. The second kappa shape index (κ2) is 5.66. The van der Waals surface area contributed by atoms with Crippen molar-refractivity contribution in [3.63, 3.8) is 0 Å². The van der Waals surface area contributed by atoms with Gasteiger partial charge in [0.1, 0.15) is 4.90 Å². The van der Waals surface area contributed by atoms with Crippen LogP contribution in [0.5, 0.6) is 5.75 Å². The van der Waals surface area contributed by atoms with Crippen molar-refractivity contribution in [2.75, 3.05) is 19.9 Å². The lowest BCUT2D eigenvalue weighted by molar-refractivity contribution is 0.397. The minimum absolute atomic E-state index is 0.103. The Labute approximate surface area is 128 Å². The van der Waals surface area contributed by atoms with Gasteiger partial charge in [0.2, 0.25) is 0 Å². The lowest BCUT2D eigenvalue weighted by Gasteiger charge is -2.29. The van der Waals surface area contributed by atoms with E-state index < -0.39 is 9.84 Å². The minimum atomic E-state index is -3.35. The van der Waals surface area contributed by atoms with Crippen molar-refractivity contribution in [3.05, 3.63) is 22.2 Å². The molecule has 4 nitrogen and oxygen atoms in total. The molecule has 1 fully saturated rings. The predicted molar refractivity (Wildman–Crippen MR) is 83.0 cm³/mol. The normalized spacial score (nSPS) is 18.2. The molecule has 1 aliphatic carbocycles. The van der Waals surface area contributed by atoms with Gasteiger partial charge in [-0.2, -0.15) is 0 Å². The van der Waals surface area contributed by atoms with Crippen molar-refractivity contribution < 1.29 is 13.2 Å². The average Bonchev–Trinajstić information content (AvgIpc) is 2.86. The van der Waals surface area contributed by atoms with Crippen LogP contribution in [0.25, 0.3) is 0 Å². The van der Waals surface area contributed by atoms with E-state index in [1.54, 1.807) is 6.07 Å². The molecular formula is C14H20BrNO3S. The Bertz CT molecular complexity index is 607. The summed E-state index contributed by atoms with van der Waals surface area (Å²) in [5.74, 6) is 0.362. The van der Waals surface area contributed by atoms with Crippen molar-refractivity contribution in [2.24, 2.45) is 5.73 Å². The van der Waals surface area contributed by atoms with Gasteiger partial charge < -0.3 is 10.5 Å². The molecule has 0 atom stereocenters. The molecule has 1 aliphatic rings. The molecule has 1 aromatic rings. The Morgan fingerprint density at radius 3 is 2.40 bits per heavy atom. The quantitative estimate of drug-likeness (QED) is 0.894. The SMILES string of the molecule is COc1c(Br)cc(C2(CN)CCCC2)cc1S(C)(=O)=O. The van der Waals surface area contributed by atoms with Crippen LogP contribution in [0.2, 0.25) is 0 Å². The zero-order valence-electron chi connectivity index (χ0n) is 11.8. The topological polar surface area (TPSA) is 69.4 Å². The summed E-state index contributed by atoms with van der Waals surface area (Å²) in [7, 11) is -1.88. The van der Waals surface area contributed by atoms with Gasteiger partial charge in [-0.1, -0.05) is 12.8 Å². The predicted octanol–water partition coefficient (Wildman–Crippen LogP) is 2.63. The van der Waals surface area contributed by atoms with Crippen LogP contribution in [-0.2, 0) is 15.3 Å². The molecule has 112 valence electrons. The number of hydrogen-bond acceptors (Lipinski definition) is 4. The standard InChI is InChI=1S/C14H20BrNO3S/c1-19-13-11(15)7-10(8-12(13)20(2,17)18)14(9-16)5-3-4-6-14/h7-8H,3-6,9,16H2,1-2H3. The molecule has 0 bridgehead atoms. The molecule has 0 amide bonds. The molecule has 0 heterocycles. The number of rotatable bonds is 4. The summed E-state index contributed by atoms with van der Waals surface area (Å²) in [6.07, 6.45) is 5.48. The molecule has 20 heavy (non-hydrogen) atoms. The van der Waals surface area contributed by atoms with Gasteiger partial charge in [-0.25, -0.2) is 8.42 Å². The number of ether oxygens (including phenoxy) is 1. The van der Waals surface area contributed by atoms with Crippen LogP contribution in [0.3, 0.4) is 0 Å². The first-order valence-corrected chi connectivity index (χ1v) is 9.31. The van der Waals surface area contributed by atoms with Gasteiger partial charge in [0.05, 0.1) is 11.6 Å². The van der Waals surface area contributed by atoms with Crippen molar-refractivity contribution in [1.29, 1.82) is 0 Å². The molecule has 6 heteroatoms. The third-order valence-corrected chi connectivity index (χ3v) is 5.87. The van der Waals surface area contributed by atoms with Crippen LogP contribution >= 0.6 is 15.9 Å². The zero-order chi connectivity index (χ0) is 15.0. The Morgan fingerprint density at radius 1 is 1.35 bits per heavy atom. The third kappa shape index (κ3) is 2.73. The fourth-order valence-corrected chi connectivity index (χ4v) is 4.63. The number of methoxy groups -OCH3 is 1. The van der Waals surface area contributed by atoms with E-state index in [-0.39, 0.29) is 10.3 Å². The number of benzene rings is 1. The molecule has 1 aromatic carbocycles. The zero-order valence-corrected chi connectivity index (χ0v) is 14.2. The van der Waals surface area contributed by atoms with E-state index in [1.807, 2.05) is 6.07 Å². The summed E-state index contributed by atoms with van der Waals surface area (Å²) >= 11 is 3.42. The summed E-state index contributed by atoms with van der Waals surface area (Å²) in [4.78, 5) is 0.226. The van der Waals surface area contributed by atoms with E-state index in [9.17, 15) is 8.42 Å². The van der Waals surface area contributed by atoms with E-state index >= 15 is 0 Å². The maximum Gasteiger partial charge on any atom is 0.179 e. The smallest absolute Gasteiger partial charge is 0.179 e. The van der Waals surface area contributed by atoms with Crippen LogP contribution in [0.15, 0.2) is 21.5 Å². The van der Waals surface area contributed by atoms with Gasteiger partial charge in [-0.15, -0.1) is 0 Å². The summed E-state index contributed by atoms with van der Waals surface area (Å²) in [6.45, 7) is 0.537. The van der Waals surface area contributed by atoms with Crippen molar-refractivity contribution >= 4 is 25.8 Å². The molecule has 0 unspecified atom stereocenters. The highest BCUT2D eigenvalue weighted by Gasteiger charge is 2.36. The highest BCUT2D eigenvalue weighted by atomic mass is 79.9. The fourth-order valence-electron chi connectivity index (χ4n) is 3.01. The van der Waals surface area contributed by atoms with Gasteiger partial charge in [-0.3, -0.25) is 0 Å². The highest BCUT2D eigenvalue weighted by Crippen LogP contribution is 2.44. The second-order valence-corrected chi connectivity index (χ2v) is 8.29. The fraction of sp³-hybridized carbons (Fsp3) is 0.571. The third-order valence-electron chi connectivity index (χ3n) is 4.18. The Hall–Kier alpha value is -0.590. The van der Waals surface area contributed by atoms with E-state index in [0.717, 1.165) is 31.2 Å². The van der Waals surface area contributed by atoms with E-state index in [4.69, 9.17) is 10.5 Å². The molecule has 0 radical (unpaired) electrons. The van der Waals surface area contributed by atoms with Crippen LogP contribution in [-0.4, -0.2) is 28.3 Å². The van der Waals surface area contributed by atoms with Crippen molar-refractivity contribution in [2.45, 2.75) is 36.0 Å². The lowest BCUT2D eigenvalue weighted by Crippen LogP contribution is -2.32. The van der Waals surface area contributed by atoms with E-state index in [2.05, 4.69) is 15.9 Å². The molecule has 0 aromatic heterocycles. The molecule has 1 saturated carbocycles. The monoisotopic (exact) mass is 361 g/mol. The number of sulfone groups is 1. The molecule has 2 N–H and O–H groups in total.